The van der Waals surface area contributed by atoms with Crippen molar-refractivity contribution in [3.63, 3.8) is 0 Å². The van der Waals surface area contributed by atoms with Crippen LogP contribution in [0, 0.1) is 5.92 Å². The third-order valence-corrected chi connectivity index (χ3v) is 3.90. The first-order valence-electron chi connectivity index (χ1n) is 7.08. The summed E-state index contributed by atoms with van der Waals surface area (Å²) in [5, 5.41) is 6.52. The molecule has 0 unspecified atom stereocenters. The van der Waals surface area contributed by atoms with E-state index < -0.39 is 0 Å². The average Bonchev–Trinajstić information content (AvgIpc) is 2.48. The number of halogens is 1. The van der Waals surface area contributed by atoms with Gasteiger partial charge in [-0.15, -0.1) is 0 Å². The molecule has 2 N–H and O–H groups in total. The normalized spacial score (nSPS) is 15.8. The Balaban J connectivity index is 1.61. The Hall–Kier alpha value is -1.26. The van der Waals surface area contributed by atoms with Crippen molar-refractivity contribution in [3.05, 3.63) is 34.9 Å². The van der Waals surface area contributed by atoms with Gasteiger partial charge in [-0.3, -0.25) is 0 Å². The van der Waals surface area contributed by atoms with E-state index in [2.05, 4.69) is 10.6 Å². The van der Waals surface area contributed by atoms with Crippen molar-refractivity contribution in [2.45, 2.75) is 19.3 Å². The number of urea groups is 1. The number of carbonyl (C=O) groups excluding carboxylic acids is 1. The van der Waals surface area contributed by atoms with E-state index in [0.717, 1.165) is 49.6 Å². The first kappa shape index (κ1) is 15.1. The summed E-state index contributed by atoms with van der Waals surface area (Å²) in [6.45, 7) is 2.92. The van der Waals surface area contributed by atoms with Crippen LogP contribution in [-0.2, 0) is 11.2 Å². The molecule has 0 spiro atoms. The van der Waals surface area contributed by atoms with Crippen molar-refractivity contribution in [3.8, 4) is 0 Å². The van der Waals surface area contributed by atoms with Crippen LogP contribution < -0.4 is 10.6 Å². The monoisotopic (exact) mass is 296 g/mol. The fourth-order valence-electron chi connectivity index (χ4n) is 2.26. The maximum Gasteiger partial charge on any atom is 0.314 e. The van der Waals surface area contributed by atoms with Crippen LogP contribution in [-0.4, -0.2) is 32.3 Å². The molecule has 0 radical (unpaired) electrons. The van der Waals surface area contributed by atoms with Crippen molar-refractivity contribution in [2.24, 2.45) is 5.92 Å². The Kier molecular flexibility index (Phi) is 6.15. The number of hydrogen-bond donors (Lipinski definition) is 2. The van der Waals surface area contributed by atoms with E-state index in [1.165, 1.54) is 0 Å². The number of carbonyl (C=O) groups is 1. The molecule has 0 aromatic heterocycles. The third-order valence-electron chi connectivity index (χ3n) is 3.53. The van der Waals surface area contributed by atoms with Gasteiger partial charge in [0, 0.05) is 31.3 Å². The molecule has 1 heterocycles. The summed E-state index contributed by atoms with van der Waals surface area (Å²) in [6.07, 6.45) is 2.80. The largest absolute Gasteiger partial charge is 0.381 e. The summed E-state index contributed by atoms with van der Waals surface area (Å²) in [5.74, 6) is 0.540. The Morgan fingerprint density at radius 3 is 2.75 bits per heavy atom. The molecule has 110 valence electrons. The lowest BCUT2D eigenvalue weighted by Gasteiger charge is -2.22. The smallest absolute Gasteiger partial charge is 0.314 e. The Labute approximate surface area is 124 Å². The van der Waals surface area contributed by atoms with Crippen LogP contribution in [0.3, 0.4) is 0 Å². The molecule has 0 bridgehead atoms. The lowest BCUT2D eigenvalue weighted by atomic mass is 10.0. The molecule has 1 aromatic carbocycles. The summed E-state index contributed by atoms with van der Waals surface area (Å²) < 4.78 is 5.29. The number of hydrogen-bond acceptors (Lipinski definition) is 2. The number of ether oxygens (including phenoxy) is 1. The van der Waals surface area contributed by atoms with E-state index >= 15 is 0 Å². The molecule has 1 aromatic rings. The molecule has 0 atom stereocenters. The Morgan fingerprint density at radius 1 is 1.25 bits per heavy atom. The van der Waals surface area contributed by atoms with Crippen molar-refractivity contribution >= 4 is 17.6 Å². The van der Waals surface area contributed by atoms with Crippen LogP contribution in [0.5, 0.6) is 0 Å². The van der Waals surface area contributed by atoms with Crippen LogP contribution >= 0.6 is 11.6 Å². The fourth-order valence-corrected chi connectivity index (χ4v) is 2.49. The van der Waals surface area contributed by atoms with Gasteiger partial charge < -0.3 is 15.4 Å². The second kappa shape index (κ2) is 8.12. The summed E-state index contributed by atoms with van der Waals surface area (Å²) in [5.41, 5.74) is 1.05. The lowest BCUT2D eigenvalue weighted by molar-refractivity contribution is 0.0669. The second-order valence-corrected chi connectivity index (χ2v) is 5.44. The minimum atomic E-state index is -0.108. The highest BCUT2D eigenvalue weighted by atomic mass is 35.5. The average molecular weight is 297 g/mol. The van der Waals surface area contributed by atoms with Crippen molar-refractivity contribution in [1.29, 1.82) is 0 Å². The fraction of sp³-hybridized carbons (Fsp3) is 0.533. The van der Waals surface area contributed by atoms with Crippen molar-refractivity contribution in [1.82, 2.24) is 10.6 Å². The summed E-state index contributed by atoms with van der Waals surface area (Å²) in [6, 6.07) is 7.58. The van der Waals surface area contributed by atoms with E-state index in [4.69, 9.17) is 16.3 Å². The zero-order valence-corrected chi connectivity index (χ0v) is 12.3. The molecular formula is C15H21ClN2O2. The van der Waals surface area contributed by atoms with Gasteiger partial charge in [-0.05, 0) is 36.8 Å². The van der Waals surface area contributed by atoms with Crippen LogP contribution in [0.15, 0.2) is 24.3 Å². The predicted molar refractivity (Wildman–Crippen MR) is 80.1 cm³/mol. The van der Waals surface area contributed by atoms with Gasteiger partial charge in [-0.25, -0.2) is 4.79 Å². The van der Waals surface area contributed by atoms with Crippen molar-refractivity contribution < 1.29 is 9.53 Å². The van der Waals surface area contributed by atoms with Gasteiger partial charge in [0.2, 0.25) is 0 Å². The SMILES string of the molecule is O=C(NCCc1ccccc1Cl)NCC1CCOCC1. The minimum Gasteiger partial charge on any atom is -0.381 e. The summed E-state index contributed by atoms with van der Waals surface area (Å²) >= 11 is 6.06. The maximum atomic E-state index is 11.7. The maximum absolute atomic E-state index is 11.7. The topological polar surface area (TPSA) is 50.4 Å². The van der Waals surface area contributed by atoms with Gasteiger partial charge in [0.25, 0.3) is 0 Å². The zero-order chi connectivity index (χ0) is 14.2. The Bertz CT molecular complexity index is 434. The quantitative estimate of drug-likeness (QED) is 0.877. The van der Waals surface area contributed by atoms with E-state index in [0.29, 0.717) is 12.5 Å². The number of rotatable bonds is 5. The lowest BCUT2D eigenvalue weighted by Crippen LogP contribution is -2.40. The highest BCUT2D eigenvalue weighted by Crippen LogP contribution is 2.15. The van der Waals surface area contributed by atoms with Gasteiger partial charge in [0.15, 0.2) is 0 Å². The highest BCUT2D eigenvalue weighted by Gasteiger charge is 2.14. The second-order valence-electron chi connectivity index (χ2n) is 5.03. The van der Waals surface area contributed by atoms with Crippen LogP contribution in [0.25, 0.3) is 0 Å². The molecule has 2 amide bonds. The summed E-state index contributed by atoms with van der Waals surface area (Å²) in [7, 11) is 0. The van der Waals surface area contributed by atoms with Crippen LogP contribution in [0.1, 0.15) is 18.4 Å². The molecule has 1 aliphatic heterocycles. The number of nitrogens with one attached hydrogen (secondary N) is 2. The van der Waals surface area contributed by atoms with Crippen molar-refractivity contribution in [2.75, 3.05) is 26.3 Å². The minimum absolute atomic E-state index is 0.108. The number of amides is 2. The molecule has 0 aliphatic carbocycles. The molecule has 20 heavy (non-hydrogen) atoms. The molecule has 1 fully saturated rings. The molecule has 4 nitrogen and oxygen atoms in total. The van der Waals surface area contributed by atoms with E-state index in [-0.39, 0.29) is 6.03 Å². The van der Waals surface area contributed by atoms with E-state index in [1.54, 1.807) is 0 Å². The predicted octanol–water partition coefficient (Wildman–Crippen LogP) is 2.61. The van der Waals surface area contributed by atoms with Gasteiger partial charge in [-0.2, -0.15) is 0 Å². The van der Waals surface area contributed by atoms with Gasteiger partial charge in [0.05, 0.1) is 0 Å². The zero-order valence-electron chi connectivity index (χ0n) is 11.5. The van der Waals surface area contributed by atoms with Gasteiger partial charge >= 0.3 is 6.03 Å². The first-order chi connectivity index (χ1) is 9.75. The van der Waals surface area contributed by atoms with Gasteiger partial charge in [0.1, 0.15) is 0 Å². The molecule has 1 saturated heterocycles. The molecule has 1 aliphatic rings. The van der Waals surface area contributed by atoms with E-state index in [9.17, 15) is 4.79 Å². The van der Waals surface area contributed by atoms with Gasteiger partial charge in [-0.1, -0.05) is 29.8 Å². The molecule has 0 saturated carbocycles. The highest BCUT2D eigenvalue weighted by molar-refractivity contribution is 6.31. The first-order valence-corrected chi connectivity index (χ1v) is 7.46. The summed E-state index contributed by atoms with van der Waals surface area (Å²) in [4.78, 5) is 11.7. The van der Waals surface area contributed by atoms with E-state index in [1.807, 2.05) is 24.3 Å². The van der Waals surface area contributed by atoms with Crippen LogP contribution in [0.4, 0.5) is 4.79 Å². The molecule has 2 rings (SSSR count). The molecular weight excluding hydrogens is 276 g/mol. The van der Waals surface area contributed by atoms with Crippen LogP contribution in [0.2, 0.25) is 5.02 Å². The molecule has 5 heteroatoms. The number of benzene rings is 1. The third kappa shape index (κ3) is 5.02. The Morgan fingerprint density at radius 2 is 2.00 bits per heavy atom. The standard InChI is InChI=1S/C15H21ClN2O2/c16-14-4-2-1-3-13(14)5-8-17-15(19)18-11-12-6-9-20-10-7-12/h1-4,12H,5-11H2,(H2,17,18,19).